The van der Waals surface area contributed by atoms with Gasteiger partial charge in [-0.05, 0) is 24.3 Å². The molecule has 0 aliphatic heterocycles. The van der Waals surface area contributed by atoms with Gasteiger partial charge in [-0.15, -0.1) is 0 Å². The third-order valence-corrected chi connectivity index (χ3v) is 2.89. The maximum absolute atomic E-state index is 5.80. The van der Waals surface area contributed by atoms with Gasteiger partial charge in [0.05, 0.1) is 0 Å². The van der Waals surface area contributed by atoms with Gasteiger partial charge in [0.15, 0.2) is 0 Å². The number of aromatic nitrogens is 2. The lowest BCUT2D eigenvalue weighted by molar-refractivity contribution is 0.483. The summed E-state index contributed by atoms with van der Waals surface area (Å²) in [6.45, 7) is 0. The number of benzene rings is 2. The lowest BCUT2D eigenvalue weighted by Crippen LogP contribution is -1.98. The maximum Gasteiger partial charge on any atom is 0.207 e. The fraction of sp³-hybridized carbons (Fsp3) is 0.0625. The summed E-state index contributed by atoms with van der Waals surface area (Å²) in [6, 6.07) is 17.5. The highest BCUT2D eigenvalue weighted by molar-refractivity contribution is 5.56. The molecule has 0 spiro atoms. The van der Waals surface area contributed by atoms with Crippen LogP contribution in [0.3, 0.4) is 0 Å². The van der Waals surface area contributed by atoms with Crippen molar-refractivity contribution in [3.63, 3.8) is 0 Å². The fourth-order valence-electron chi connectivity index (χ4n) is 1.88. The molecule has 1 heterocycles. The Morgan fingerprint density at radius 3 is 2.55 bits per heavy atom. The highest BCUT2D eigenvalue weighted by atomic mass is 16.5. The molecular weight excluding hydrogens is 250 g/mol. The summed E-state index contributed by atoms with van der Waals surface area (Å²) in [7, 11) is 1.94. The van der Waals surface area contributed by atoms with E-state index in [4.69, 9.17) is 4.74 Å². The van der Waals surface area contributed by atoms with E-state index in [0.29, 0.717) is 0 Å². The molecule has 0 fully saturated rings. The quantitative estimate of drug-likeness (QED) is 0.776. The number of aryl methyl sites for hydroxylation is 1. The molecule has 4 nitrogen and oxygen atoms in total. The molecule has 0 saturated carbocycles. The smallest absolute Gasteiger partial charge is 0.207 e. The van der Waals surface area contributed by atoms with Crippen molar-refractivity contribution < 1.29 is 4.74 Å². The van der Waals surface area contributed by atoms with Crippen molar-refractivity contribution in [2.45, 2.75) is 0 Å². The Bertz CT molecular complexity index is 692. The summed E-state index contributed by atoms with van der Waals surface area (Å²) in [4.78, 5) is 4.24. The van der Waals surface area contributed by atoms with Crippen molar-refractivity contribution >= 4 is 11.6 Å². The Balaban J connectivity index is 1.78. The van der Waals surface area contributed by atoms with Crippen LogP contribution < -0.4 is 10.1 Å². The molecule has 0 saturated heterocycles. The zero-order valence-corrected chi connectivity index (χ0v) is 11.2. The Morgan fingerprint density at radius 1 is 1.00 bits per heavy atom. The molecule has 0 unspecified atom stereocenters. The highest BCUT2D eigenvalue weighted by Gasteiger charge is 2.02. The Labute approximate surface area is 117 Å². The summed E-state index contributed by atoms with van der Waals surface area (Å²) in [5.41, 5.74) is 0.938. The average Bonchev–Trinajstić information content (AvgIpc) is 2.86. The normalized spacial score (nSPS) is 10.2. The summed E-state index contributed by atoms with van der Waals surface area (Å²) in [6.07, 6.45) is 3.65. The van der Waals surface area contributed by atoms with Gasteiger partial charge in [-0.1, -0.05) is 24.3 Å². The van der Waals surface area contributed by atoms with Crippen LogP contribution in [-0.4, -0.2) is 9.55 Å². The molecule has 0 bridgehead atoms. The van der Waals surface area contributed by atoms with Crippen LogP contribution in [0, 0.1) is 0 Å². The fourth-order valence-corrected chi connectivity index (χ4v) is 1.88. The molecule has 3 aromatic rings. The van der Waals surface area contributed by atoms with Gasteiger partial charge in [-0.25, -0.2) is 4.98 Å². The summed E-state index contributed by atoms with van der Waals surface area (Å²) >= 11 is 0. The van der Waals surface area contributed by atoms with E-state index in [0.717, 1.165) is 23.1 Å². The number of hydrogen-bond donors (Lipinski definition) is 1. The van der Waals surface area contributed by atoms with Crippen LogP contribution in [0.2, 0.25) is 0 Å². The molecule has 0 radical (unpaired) electrons. The van der Waals surface area contributed by atoms with Gasteiger partial charge >= 0.3 is 0 Å². The molecule has 0 aliphatic rings. The number of para-hydroxylation sites is 1. The monoisotopic (exact) mass is 265 g/mol. The Hall–Kier alpha value is -2.75. The molecule has 0 aliphatic carbocycles. The molecule has 4 heteroatoms. The van der Waals surface area contributed by atoms with Gasteiger partial charge < -0.3 is 14.6 Å². The van der Waals surface area contributed by atoms with E-state index in [1.807, 2.05) is 72.4 Å². The number of nitrogens with zero attached hydrogens (tertiary/aromatic N) is 2. The Kier molecular flexibility index (Phi) is 3.37. The summed E-state index contributed by atoms with van der Waals surface area (Å²) in [5.74, 6) is 2.40. The maximum atomic E-state index is 5.80. The first kappa shape index (κ1) is 12.3. The molecule has 20 heavy (non-hydrogen) atoms. The minimum Gasteiger partial charge on any atom is -0.457 e. The van der Waals surface area contributed by atoms with Crippen LogP contribution in [0.4, 0.5) is 11.6 Å². The van der Waals surface area contributed by atoms with Crippen molar-refractivity contribution in [3.8, 4) is 11.5 Å². The second-order valence-corrected chi connectivity index (χ2v) is 4.43. The zero-order valence-electron chi connectivity index (χ0n) is 11.2. The van der Waals surface area contributed by atoms with Crippen LogP contribution in [0.25, 0.3) is 0 Å². The molecule has 1 N–H and O–H groups in total. The second kappa shape index (κ2) is 5.48. The third kappa shape index (κ3) is 2.80. The van der Waals surface area contributed by atoms with Crippen LogP contribution in [0.1, 0.15) is 0 Å². The summed E-state index contributed by atoms with van der Waals surface area (Å²) in [5, 5.41) is 3.25. The highest BCUT2D eigenvalue weighted by Crippen LogP contribution is 2.25. The van der Waals surface area contributed by atoms with Gasteiger partial charge in [-0.2, -0.15) is 0 Å². The van der Waals surface area contributed by atoms with Gasteiger partial charge in [-0.3, -0.25) is 0 Å². The van der Waals surface area contributed by atoms with Crippen LogP contribution in [-0.2, 0) is 7.05 Å². The molecule has 0 amide bonds. The first-order valence-electron chi connectivity index (χ1n) is 6.38. The van der Waals surface area contributed by atoms with Crippen molar-refractivity contribution in [2.75, 3.05) is 5.32 Å². The van der Waals surface area contributed by atoms with Crippen LogP contribution >= 0.6 is 0 Å². The number of hydrogen-bond acceptors (Lipinski definition) is 3. The van der Waals surface area contributed by atoms with Crippen molar-refractivity contribution in [1.29, 1.82) is 0 Å². The Morgan fingerprint density at radius 2 is 1.80 bits per heavy atom. The largest absolute Gasteiger partial charge is 0.457 e. The lowest BCUT2D eigenvalue weighted by atomic mass is 10.3. The molecular formula is C16H15N3O. The first-order valence-corrected chi connectivity index (χ1v) is 6.38. The average molecular weight is 265 g/mol. The minimum atomic E-state index is 0.787. The predicted molar refractivity (Wildman–Crippen MR) is 79.4 cm³/mol. The van der Waals surface area contributed by atoms with Gasteiger partial charge in [0.25, 0.3) is 0 Å². The molecule has 100 valence electrons. The minimum absolute atomic E-state index is 0.787. The van der Waals surface area contributed by atoms with E-state index in [1.165, 1.54) is 0 Å². The lowest BCUT2D eigenvalue weighted by Gasteiger charge is -2.09. The second-order valence-electron chi connectivity index (χ2n) is 4.43. The molecule has 2 aromatic carbocycles. The topological polar surface area (TPSA) is 39.1 Å². The first-order chi connectivity index (χ1) is 9.81. The van der Waals surface area contributed by atoms with E-state index < -0.39 is 0 Å². The predicted octanol–water partition coefficient (Wildman–Crippen LogP) is 3.96. The van der Waals surface area contributed by atoms with E-state index in [-0.39, 0.29) is 0 Å². The standard InChI is InChI=1S/C16H15N3O/c1-19-11-10-17-16(19)18-13-6-5-9-15(12-13)20-14-7-3-2-4-8-14/h2-12H,1H3,(H,17,18). The van der Waals surface area contributed by atoms with Gasteiger partial charge in [0, 0.05) is 31.2 Å². The zero-order chi connectivity index (χ0) is 13.8. The van der Waals surface area contributed by atoms with E-state index in [1.54, 1.807) is 6.20 Å². The van der Waals surface area contributed by atoms with E-state index in [2.05, 4.69) is 10.3 Å². The number of anilines is 2. The van der Waals surface area contributed by atoms with Crippen molar-refractivity contribution in [1.82, 2.24) is 9.55 Å². The van der Waals surface area contributed by atoms with E-state index in [9.17, 15) is 0 Å². The van der Waals surface area contributed by atoms with Gasteiger partial charge in [0.2, 0.25) is 5.95 Å². The van der Waals surface area contributed by atoms with Crippen molar-refractivity contribution in [3.05, 3.63) is 67.0 Å². The SMILES string of the molecule is Cn1ccnc1Nc1cccc(Oc2ccccc2)c1. The molecule has 1 aromatic heterocycles. The number of imidazole rings is 1. The van der Waals surface area contributed by atoms with E-state index >= 15 is 0 Å². The number of rotatable bonds is 4. The number of ether oxygens (including phenoxy) is 1. The van der Waals surface area contributed by atoms with Crippen molar-refractivity contribution in [2.24, 2.45) is 7.05 Å². The summed E-state index contributed by atoms with van der Waals surface area (Å²) < 4.78 is 7.72. The molecule has 0 atom stereocenters. The molecule has 3 rings (SSSR count). The van der Waals surface area contributed by atoms with Crippen LogP contribution in [0.5, 0.6) is 11.5 Å². The third-order valence-electron chi connectivity index (χ3n) is 2.89. The van der Waals surface area contributed by atoms with Crippen LogP contribution in [0.15, 0.2) is 67.0 Å². The number of nitrogens with one attached hydrogen (secondary N) is 1. The van der Waals surface area contributed by atoms with Gasteiger partial charge in [0.1, 0.15) is 11.5 Å².